The van der Waals surface area contributed by atoms with Crippen LogP contribution in [0.1, 0.15) is 24.8 Å². The van der Waals surface area contributed by atoms with E-state index >= 15 is 0 Å². The number of halogens is 2. The topological polar surface area (TPSA) is 41.1 Å². The molecule has 2 aliphatic rings. The number of nitrogens with one attached hydrogen (secondary N) is 2. The van der Waals surface area contributed by atoms with Crippen LogP contribution in [0.3, 0.4) is 0 Å². The van der Waals surface area contributed by atoms with Crippen molar-refractivity contribution in [2.24, 2.45) is 0 Å². The van der Waals surface area contributed by atoms with Gasteiger partial charge in [-0.2, -0.15) is 11.8 Å². The molecule has 1 amide bonds. The largest absolute Gasteiger partial charge is 0.355 e. The number of hydrogen-bond acceptors (Lipinski definition) is 3. The highest BCUT2D eigenvalue weighted by molar-refractivity contribution is 7.99. The Morgan fingerprint density at radius 1 is 1.36 bits per heavy atom. The van der Waals surface area contributed by atoms with Gasteiger partial charge in [0, 0.05) is 47.5 Å². The maximum atomic E-state index is 12.1. The predicted molar refractivity (Wildman–Crippen MR) is 96.4 cm³/mol. The van der Waals surface area contributed by atoms with E-state index in [-0.39, 0.29) is 23.7 Å². The fraction of sp³-hybridized carbons (Fsp3) is 0.562. The van der Waals surface area contributed by atoms with Gasteiger partial charge >= 0.3 is 0 Å². The number of amides is 1. The van der Waals surface area contributed by atoms with Gasteiger partial charge in [-0.1, -0.05) is 23.7 Å². The summed E-state index contributed by atoms with van der Waals surface area (Å²) in [6, 6.07) is 8.36. The number of thioether (sulfide) groups is 1. The lowest BCUT2D eigenvalue weighted by molar-refractivity contribution is -0.121. The summed E-state index contributed by atoms with van der Waals surface area (Å²) in [5, 5.41) is 7.29. The molecule has 3 rings (SSSR count). The van der Waals surface area contributed by atoms with Gasteiger partial charge in [0.15, 0.2) is 0 Å². The van der Waals surface area contributed by atoms with E-state index in [0.717, 1.165) is 42.5 Å². The summed E-state index contributed by atoms with van der Waals surface area (Å²) in [5.74, 6) is 2.35. The Labute approximate surface area is 147 Å². The molecule has 1 heterocycles. The van der Waals surface area contributed by atoms with Crippen LogP contribution >= 0.6 is 35.8 Å². The Morgan fingerprint density at radius 2 is 2.09 bits per heavy atom. The number of carbonyl (C=O) groups excluding carboxylic acids is 1. The normalized spacial score (nSPS) is 22.5. The van der Waals surface area contributed by atoms with Crippen molar-refractivity contribution in [3.63, 3.8) is 0 Å². The molecule has 1 aliphatic carbocycles. The maximum Gasteiger partial charge on any atom is 0.221 e. The van der Waals surface area contributed by atoms with Crippen molar-refractivity contribution >= 4 is 41.7 Å². The van der Waals surface area contributed by atoms with Crippen LogP contribution in [0.2, 0.25) is 5.02 Å². The zero-order valence-corrected chi connectivity index (χ0v) is 14.8. The maximum absolute atomic E-state index is 12.1. The van der Waals surface area contributed by atoms with Gasteiger partial charge < -0.3 is 10.6 Å². The van der Waals surface area contributed by atoms with Crippen molar-refractivity contribution in [1.29, 1.82) is 0 Å². The molecule has 1 unspecified atom stereocenters. The molecular weight excluding hydrogens is 339 g/mol. The molecule has 2 N–H and O–H groups in total. The van der Waals surface area contributed by atoms with Gasteiger partial charge in [-0.05, 0) is 30.5 Å². The van der Waals surface area contributed by atoms with Gasteiger partial charge in [-0.15, -0.1) is 12.4 Å². The third-order valence-electron chi connectivity index (χ3n) is 4.36. The third kappa shape index (κ3) is 4.54. The number of hydrogen-bond donors (Lipinski definition) is 2. The molecule has 3 nitrogen and oxygen atoms in total. The molecule has 0 aromatic heterocycles. The lowest BCUT2D eigenvalue weighted by Crippen LogP contribution is -2.42. The second-order valence-electron chi connectivity index (χ2n) is 5.99. The van der Waals surface area contributed by atoms with E-state index in [1.165, 1.54) is 5.56 Å². The van der Waals surface area contributed by atoms with Crippen LogP contribution < -0.4 is 10.6 Å². The van der Waals surface area contributed by atoms with Crippen LogP contribution in [0.15, 0.2) is 24.3 Å². The van der Waals surface area contributed by atoms with E-state index in [9.17, 15) is 4.79 Å². The monoisotopic (exact) mass is 360 g/mol. The molecule has 0 radical (unpaired) electrons. The quantitative estimate of drug-likeness (QED) is 0.847. The summed E-state index contributed by atoms with van der Waals surface area (Å²) in [6.45, 7) is 1.75. The van der Waals surface area contributed by atoms with Crippen LogP contribution in [0, 0.1) is 0 Å². The Morgan fingerprint density at radius 3 is 2.68 bits per heavy atom. The smallest absolute Gasteiger partial charge is 0.221 e. The van der Waals surface area contributed by atoms with Gasteiger partial charge in [0.2, 0.25) is 5.91 Å². The molecule has 0 bridgehead atoms. The summed E-state index contributed by atoms with van der Waals surface area (Å²) in [5.41, 5.74) is 1.44. The van der Waals surface area contributed by atoms with Gasteiger partial charge in [-0.3, -0.25) is 4.79 Å². The average Bonchev–Trinajstić information content (AvgIpc) is 3.28. The summed E-state index contributed by atoms with van der Waals surface area (Å²) in [6.07, 6.45) is 2.88. The van der Waals surface area contributed by atoms with Gasteiger partial charge in [-0.25, -0.2) is 0 Å². The van der Waals surface area contributed by atoms with E-state index < -0.39 is 0 Å². The molecule has 22 heavy (non-hydrogen) atoms. The molecule has 122 valence electrons. The molecule has 1 aliphatic heterocycles. The van der Waals surface area contributed by atoms with Crippen LogP contribution in [0.5, 0.6) is 0 Å². The predicted octanol–water partition coefficient (Wildman–Crippen LogP) is 3.00. The van der Waals surface area contributed by atoms with Crippen LogP contribution in [0.25, 0.3) is 0 Å². The van der Waals surface area contributed by atoms with E-state index in [1.807, 2.05) is 23.9 Å². The summed E-state index contributed by atoms with van der Waals surface area (Å²) in [4.78, 5) is 12.1. The van der Waals surface area contributed by atoms with E-state index in [0.29, 0.717) is 12.5 Å². The fourth-order valence-corrected chi connectivity index (χ4v) is 3.91. The minimum absolute atomic E-state index is 0. The van der Waals surface area contributed by atoms with Gasteiger partial charge in [0.1, 0.15) is 0 Å². The van der Waals surface area contributed by atoms with E-state index in [2.05, 4.69) is 22.8 Å². The van der Waals surface area contributed by atoms with Crippen molar-refractivity contribution in [1.82, 2.24) is 10.6 Å². The standard InChI is InChI=1S/C16H21ClN2OS.ClH/c17-13-3-1-12(2-4-13)16(5-6-16)11-19-15(20)9-14-10-21-8-7-18-14;/h1-4,14,18H,5-11H2,(H,19,20);1H. The van der Waals surface area contributed by atoms with Gasteiger partial charge in [0.05, 0.1) is 0 Å². The van der Waals surface area contributed by atoms with Gasteiger partial charge in [0.25, 0.3) is 0 Å². The fourth-order valence-electron chi connectivity index (χ4n) is 2.84. The molecule has 1 aromatic carbocycles. The molecule has 2 fully saturated rings. The first-order valence-electron chi connectivity index (χ1n) is 7.52. The lowest BCUT2D eigenvalue weighted by atomic mass is 9.96. The van der Waals surface area contributed by atoms with Crippen LogP contribution in [-0.4, -0.2) is 36.5 Å². The van der Waals surface area contributed by atoms with Crippen molar-refractivity contribution in [3.8, 4) is 0 Å². The first kappa shape index (κ1) is 17.9. The first-order chi connectivity index (χ1) is 10.2. The SMILES string of the molecule is Cl.O=C(CC1CSCCN1)NCC1(c2ccc(Cl)cc2)CC1. The average molecular weight is 361 g/mol. The molecule has 1 aromatic rings. The van der Waals surface area contributed by atoms with E-state index in [4.69, 9.17) is 11.6 Å². The summed E-state index contributed by atoms with van der Waals surface area (Å²) < 4.78 is 0. The second-order valence-corrected chi connectivity index (χ2v) is 7.58. The number of rotatable bonds is 5. The van der Waals surface area contributed by atoms with Crippen LogP contribution in [-0.2, 0) is 10.2 Å². The second kappa shape index (κ2) is 7.91. The van der Waals surface area contributed by atoms with Crippen molar-refractivity contribution < 1.29 is 4.79 Å². The zero-order chi connectivity index (χ0) is 14.7. The molecular formula is C16H22Cl2N2OS. The van der Waals surface area contributed by atoms with Crippen molar-refractivity contribution in [2.75, 3.05) is 24.6 Å². The summed E-state index contributed by atoms with van der Waals surface area (Å²) >= 11 is 7.86. The third-order valence-corrected chi connectivity index (χ3v) is 5.75. The van der Waals surface area contributed by atoms with E-state index in [1.54, 1.807) is 0 Å². The number of benzene rings is 1. The number of carbonyl (C=O) groups is 1. The Kier molecular flexibility index (Phi) is 6.45. The minimum atomic E-state index is 0. The highest BCUT2D eigenvalue weighted by atomic mass is 35.5. The Bertz CT molecular complexity index is 499. The molecule has 0 spiro atoms. The van der Waals surface area contributed by atoms with Crippen molar-refractivity contribution in [3.05, 3.63) is 34.9 Å². The zero-order valence-electron chi connectivity index (χ0n) is 12.4. The minimum Gasteiger partial charge on any atom is -0.355 e. The molecule has 1 saturated heterocycles. The summed E-state index contributed by atoms with van der Waals surface area (Å²) in [7, 11) is 0. The Hall–Kier alpha value is -0.420. The van der Waals surface area contributed by atoms with Crippen LogP contribution in [0.4, 0.5) is 0 Å². The Balaban J connectivity index is 0.00000176. The lowest BCUT2D eigenvalue weighted by Gasteiger charge is -2.23. The molecule has 6 heteroatoms. The highest BCUT2D eigenvalue weighted by Crippen LogP contribution is 2.47. The van der Waals surface area contributed by atoms with Crippen molar-refractivity contribution in [2.45, 2.75) is 30.7 Å². The first-order valence-corrected chi connectivity index (χ1v) is 9.05. The molecule has 1 saturated carbocycles. The highest BCUT2D eigenvalue weighted by Gasteiger charge is 2.44. The molecule has 1 atom stereocenters.